The summed E-state index contributed by atoms with van der Waals surface area (Å²) < 4.78 is 0. The maximum atomic E-state index is 12.3. The summed E-state index contributed by atoms with van der Waals surface area (Å²) in [6.45, 7) is 2.27. The molecule has 9 heteroatoms. The summed E-state index contributed by atoms with van der Waals surface area (Å²) in [4.78, 5) is 24.1. The second-order valence-corrected chi connectivity index (χ2v) is 4.68. The van der Waals surface area contributed by atoms with E-state index >= 15 is 0 Å². The van der Waals surface area contributed by atoms with Crippen LogP contribution in [0.25, 0.3) is 0 Å². The summed E-state index contributed by atoms with van der Waals surface area (Å²) in [5.41, 5.74) is 1.79. The van der Waals surface area contributed by atoms with Crippen molar-refractivity contribution in [2.75, 3.05) is 25.1 Å². The van der Waals surface area contributed by atoms with E-state index < -0.39 is 10.8 Å². The molecule has 1 rings (SSSR count). The molecule has 0 bridgehead atoms. The van der Waals surface area contributed by atoms with E-state index in [0.717, 1.165) is 6.07 Å². The molecule has 0 aliphatic heterocycles. The largest absolute Gasteiger partial charge is 0.395 e. The summed E-state index contributed by atoms with van der Waals surface area (Å²) in [5.74, 6) is 4.77. The molecule has 1 aromatic carbocycles. The number of nitro benzene ring substituents is 1. The van der Waals surface area contributed by atoms with Gasteiger partial charge >= 0.3 is 0 Å². The first-order chi connectivity index (χ1) is 9.96. The van der Waals surface area contributed by atoms with Crippen molar-refractivity contribution in [1.29, 1.82) is 0 Å². The number of nitrogens with two attached hydrogens (primary N) is 1. The number of carbonyl (C=O) groups is 1. The number of amides is 1. The Labute approximate surface area is 126 Å². The molecule has 0 unspecified atom stereocenters. The maximum Gasteiger partial charge on any atom is 0.295 e. The molecule has 0 aromatic heterocycles. The second kappa shape index (κ2) is 7.77. The third kappa shape index (κ3) is 4.03. The Morgan fingerprint density at radius 2 is 2.19 bits per heavy atom. The number of halogens is 1. The normalized spacial score (nSPS) is 10.3. The van der Waals surface area contributed by atoms with Crippen molar-refractivity contribution in [3.63, 3.8) is 0 Å². The number of rotatable bonds is 7. The minimum Gasteiger partial charge on any atom is -0.395 e. The molecule has 1 amide bonds. The number of nitrogens with one attached hydrogen (secondary N) is 1. The number of aliphatic hydroxyl groups is 1. The second-order valence-electron chi connectivity index (χ2n) is 4.27. The van der Waals surface area contributed by atoms with Gasteiger partial charge < -0.3 is 15.4 Å². The topological polar surface area (TPSA) is 122 Å². The van der Waals surface area contributed by atoms with Crippen LogP contribution in [0.4, 0.5) is 11.4 Å². The Balaban J connectivity index is 3.23. The van der Waals surface area contributed by atoms with Crippen molar-refractivity contribution in [2.45, 2.75) is 13.3 Å². The number of hydrogen-bond acceptors (Lipinski definition) is 6. The molecule has 0 saturated carbocycles. The number of aliphatic hydroxyl groups excluding tert-OH is 1. The average molecular weight is 317 g/mol. The number of hydrazine groups is 1. The van der Waals surface area contributed by atoms with E-state index in [0.29, 0.717) is 13.0 Å². The lowest BCUT2D eigenvalue weighted by Crippen LogP contribution is -2.34. The van der Waals surface area contributed by atoms with Crippen LogP contribution in [0.5, 0.6) is 0 Å². The molecule has 0 aliphatic rings. The lowest BCUT2D eigenvalue weighted by molar-refractivity contribution is -0.384. The molecule has 0 saturated heterocycles. The number of nitrogens with zero attached hydrogens (tertiary/aromatic N) is 2. The van der Waals surface area contributed by atoms with Crippen LogP contribution in [0, 0.1) is 10.1 Å². The quantitative estimate of drug-likeness (QED) is 0.397. The van der Waals surface area contributed by atoms with Crippen LogP contribution in [0.2, 0.25) is 5.02 Å². The fraction of sp³-hybridized carbons (Fsp3) is 0.417. The standard InChI is InChI=1S/C12H17ClN4O4/c1-2-3-16(4-5-18)12(19)8-6-9(13)11(15-14)10(7-8)17(20)21/h6-7,15,18H,2-5,14H2,1H3. The Morgan fingerprint density at radius 3 is 2.67 bits per heavy atom. The minimum absolute atomic E-state index is 0.0181. The third-order valence-electron chi connectivity index (χ3n) is 2.81. The molecule has 0 atom stereocenters. The predicted octanol–water partition coefficient (Wildman–Crippen LogP) is 1.38. The predicted molar refractivity (Wildman–Crippen MR) is 79.2 cm³/mol. The SMILES string of the molecule is CCCN(CCO)C(=O)c1cc(Cl)c(NN)c([N+](=O)[O-])c1. The first-order valence-corrected chi connectivity index (χ1v) is 6.68. The lowest BCUT2D eigenvalue weighted by atomic mass is 10.1. The van der Waals surface area contributed by atoms with Gasteiger partial charge in [0.05, 0.1) is 16.6 Å². The molecular weight excluding hydrogens is 300 g/mol. The van der Waals surface area contributed by atoms with Gasteiger partial charge in [0.2, 0.25) is 0 Å². The van der Waals surface area contributed by atoms with Crippen molar-refractivity contribution in [3.05, 3.63) is 32.8 Å². The highest BCUT2D eigenvalue weighted by Crippen LogP contribution is 2.33. The van der Waals surface area contributed by atoms with Gasteiger partial charge in [0.25, 0.3) is 11.6 Å². The fourth-order valence-corrected chi connectivity index (χ4v) is 2.16. The van der Waals surface area contributed by atoms with Crippen LogP contribution < -0.4 is 11.3 Å². The van der Waals surface area contributed by atoms with Gasteiger partial charge in [-0.3, -0.25) is 20.8 Å². The number of nitro groups is 1. The summed E-state index contributed by atoms with van der Waals surface area (Å²) in [7, 11) is 0. The molecule has 21 heavy (non-hydrogen) atoms. The first kappa shape index (κ1) is 17.2. The van der Waals surface area contributed by atoms with Crippen LogP contribution in [0.1, 0.15) is 23.7 Å². The van der Waals surface area contributed by atoms with Crippen molar-refractivity contribution >= 4 is 28.9 Å². The molecule has 1 aromatic rings. The van der Waals surface area contributed by atoms with Gasteiger partial charge in [0.1, 0.15) is 5.69 Å². The van der Waals surface area contributed by atoms with Crippen LogP contribution in [-0.4, -0.2) is 40.5 Å². The summed E-state index contributed by atoms with van der Waals surface area (Å²) in [6, 6.07) is 2.43. The lowest BCUT2D eigenvalue weighted by Gasteiger charge is -2.21. The zero-order chi connectivity index (χ0) is 16.0. The highest BCUT2D eigenvalue weighted by Gasteiger charge is 2.23. The molecule has 0 radical (unpaired) electrons. The van der Waals surface area contributed by atoms with Crippen LogP contribution in [0.3, 0.4) is 0 Å². The first-order valence-electron chi connectivity index (χ1n) is 6.30. The Kier molecular flexibility index (Phi) is 6.35. The minimum atomic E-state index is -0.673. The maximum absolute atomic E-state index is 12.3. The highest BCUT2D eigenvalue weighted by molar-refractivity contribution is 6.34. The van der Waals surface area contributed by atoms with Crippen molar-refractivity contribution in [3.8, 4) is 0 Å². The van der Waals surface area contributed by atoms with E-state index in [1.807, 2.05) is 6.92 Å². The molecular formula is C12H17ClN4O4. The van der Waals surface area contributed by atoms with Crippen LogP contribution in [-0.2, 0) is 0 Å². The monoisotopic (exact) mass is 316 g/mol. The van der Waals surface area contributed by atoms with Gasteiger partial charge in [0.15, 0.2) is 0 Å². The Morgan fingerprint density at radius 1 is 1.52 bits per heavy atom. The summed E-state index contributed by atoms with van der Waals surface area (Å²) in [5, 5.41) is 20.0. The molecule has 8 nitrogen and oxygen atoms in total. The summed E-state index contributed by atoms with van der Waals surface area (Å²) >= 11 is 5.91. The number of benzene rings is 1. The molecule has 0 fully saturated rings. The Bertz CT molecular complexity index is 532. The van der Waals surface area contributed by atoms with E-state index in [9.17, 15) is 14.9 Å². The molecule has 4 N–H and O–H groups in total. The smallest absolute Gasteiger partial charge is 0.295 e. The number of nitrogen functional groups attached to an aromatic ring is 1. The highest BCUT2D eigenvalue weighted by atomic mass is 35.5. The third-order valence-corrected chi connectivity index (χ3v) is 3.11. The van der Waals surface area contributed by atoms with Crippen molar-refractivity contribution in [2.24, 2.45) is 5.84 Å². The fourth-order valence-electron chi connectivity index (χ4n) is 1.89. The molecule has 0 heterocycles. The van der Waals surface area contributed by atoms with E-state index in [1.165, 1.54) is 11.0 Å². The zero-order valence-corrected chi connectivity index (χ0v) is 12.3. The van der Waals surface area contributed by atoms with Gasteiger partial charge in [0, 0.05) is 24.7 Å². The van der Waals surface area contributed by atoms with Crippen molar-refractivity contribution in [1.82, 2.24) is 4.90 Å². The number of hydrogen-bond donors (Lipinski definition) is 3. The van der Waals surface area contributed by atoms with Gasteiger partial charge in [-0.25, -0.2) is 0 Å². The number of carbonyl (C=O) groups excluding carboxylic acids is 1. The summed E-state index contributed by atoms with van der Waals surface area (Å²) in [6.07, 6.45) is 0.698. The van der Waals surface area contributed by atoms with Crippen LogP contribution in [0.15, 0.2) is 12.1 Å². The van der Waals surface area contributed by atoms with Crippen LogP contribution >= 0.6 is 11.6 Å². The number of anilines is 1. The van der Waals surface area contributed by atoms with Crippen molar-refractivity contribution < 1.29 is 14.8 Å². The molecule has 116 valence electrons. The van der Waals surface area contributed by atoms with Gasteiger partial charge in [-0.1, -0.05) is 18.5 Å². The Hall–Kier alpha value is -1.90. The van der Waals surface area contributed by atoms with E-state index in [1.54, 1.807) is 0 Å². The van der Waals surface area contributed by atoms with Gasteiger partial charge in [-0.2, -0.15) is 0 Å². The van der Waals surface area contributed by atoms with E-state index in [-0.39, 0.29) is 35.1 Å². The molecule has 0 aliphatic carbocycles. The van der Waals surface area contributed by atoms with Gasteiger partial charge in [-0.05, 0) is 12.5 Å². The molecule has 0 spiro atoms. The van der Waals surface area contributed by atoms with Gasteiger partial charge in [-0.15, -0.1) is 0 Å². The van der Waals surface area contributed by atoms with E-state index in [4.69, 9.17) is 22.6 Å². The zero-order valence-electron chi connectivity index (χ0n) is 11.5. The average Bonchev–Trinajstić information content (AvgIpc) is 2.45. The van der Waals surface area contributed by atoms with E-state index in [2.05, 4.69) is 5.43 Å².